The summed E-state index contributed by atoms with van der Waals surface area (Å²) in [6.07, 6.45) is 0. The molecule has 0 amide bonds. The summed E-state index contributed by atoms with van der Waals surface area (Å²) in [4.78, 5) is 0. The Bertz CT molecular complexity index is 609. The Morgan fingerprint density at radius 1 is 1.28 bits per heavy atom. The lowest BCUT2D eigenvalue weighted by atomic mass is 10.1. The largest absolute Gasteiger partial charge is 0.396 e. The zero-order valence-corrected chi connectivity index (χ0v) is 9.87. The van der Waals surface area contributed by atoms with Crippen molar-refractivity contribution in [3.05, 3.63) is 53.3 Å². The van der Waals surface area contributed by atoms with E-state index in [1.807, 2.05) is 19.1 Å². The van der Waals surface area contributed by atoms with Crippen LogP contribution in [-0.4, -0.2) is 0 Å². The van der Waals surface area contributed by atoms with Crippen LogP contribution in [-0.2, 0) is 0 Å². The highest BCUT2D eigenvalue weighted by molar-refractivity contribution is 5.77. The summed E-state index contributed by atoms with van der Waals surface area (Å²) in [6, 6.07) is 11.7. The maximum Gasteiger partial charge on any atom is 0.125 e. The number of rotatable bonds is 2. The number of nitrogens with one attached hydrogen (secondary N) is 1. The Kier molecular flexibility index (Phi) is 3.16. The molecule has 18 heavy (non-hydrogen) atoms. The van der Waals surface area contributed by atoms with Gasteiger partial charge in [0.25, 0.3) is 0 Å². The van der Waals surface area contributed by atoms with Crippen molar-refractivity contribution in [3.8, 4) is 6.07 Å². The van der Waals surface area contributed by atoms with Crippen molar-refractivity contribution in [1.29, 1.82) is 5.26 Å². The number of aryl methyl sites for hydroxylation is 1. The minimum atomic E-state index is -0.312. The van der Waals surface area contributed by atoms with E-state index in [1.165, 1.54) is 12.1 Å². The zero-order chi connectivity index (χ0) is 13.1. The monoisotopic (exact) mass is 241 g/mol. The van der Waals surface area contributed by atoms with Gasteiger partial charge in [0, 0.05) is 5.69 Å². The third-order valence-corrected chi connectivity index (χ3v) is 2.55. The number of anilines is 3. The molecule has 3 N–H and O–H groups in total. The van der Waals surface area contributed by atoms with Gasteiger partial charge in [-0.3, -0.25) is 0 Å². The highest BCUT2D eigenvalue weighted by atomic mass is 19.1. The van der Waals surface area contributed by atoms with Gasteiger partial charge < -0.3 is 11.1 Å². The number of nitrogen functional groups attached to an aromatic ring is 1. The van der Waals surface area contributed by atoms with E-state index in [-0.39, 0.29) is 5.82 Å². The zero-order valence-electron chi connectivity index (χ0n) is 9.87. The summed E-state index contributed by atoms with van der Waals surface area (Å²) in [6.45, 7) is 1.81. The molecule has 0 bridgehead atoms. The van der Waals surface area contributed by atoms with Crippen LogP contribution in [0.3, 0.4) is 0 Å². The van der Waals surface area contributed by atoms with Gasteiger partial charge in [-0.15, -0.1) is 0 Å². The molecular formula is C14H12FN3. The van der Waals surface area contributed by atoms with Crippen LogP contribution in [0.25, 0.3) is 0 Å². The summed E-state index contributed by atoms with van der Waals surface area (Å²) in [5.74, 6) is -0.312. The van der Waals surface area contributed by atoms with E-state index in [2.05, 4.69) is 5.32 Å². The Balaban J connectivity index is 2.37. The van der Waals surface area contributed by atoms with Gasteiger partial charge in [0.1, 0.15) is 11.9 Å². The fraction of sp³-hybridized carbons (Fsp3) is 0.0714. The van der Waals surface area contributed by atoms with Gasteiger partial charge in [-0.1, -0.05) is 6.07 Å². The Labute approximate surface area is 105 Å². The normalized spacial score (nSPS) is 9.83. The van der Waals surface area contributed by atoms with E-state index in [9.17, 15) is 4.39 Å². The second-order valence-electron chi connectivity index (χ2n) is 4.02. The van der Waals surface area contributed by atoms with E-state index in [0.29, 0.717) is 22.6 Å². The van der Waals surface area contributed by atoms with Crippen LogP contribution in [0.15, 0.2) is 36.4 Å². The number of nitriles is 1. The molecule has 2 aromatic carbocycles. The molecule has 0 spiro atoms. The molecule has 0 aliphatic heterocycles. The lowest BCUT2D eigenvalue weighted by molar-refractivity contribution is 0.627. The summed E-state index contributed by atoms with van der Waals surface area (Å²) in [5.41, 5.74) is 8.61. The average Bonchev–Trinajstić information content (AvgIpc) is 2.30. The molecule has 0 fully saturated rings. The molecule has 90 valence electrons. The minimum Gasteiger partial charge on any atom is -0.396 e. The number of nitrogens with zero attached hydrogens (tertiary/aromatic N) is 1. The first-order chi connectivity index (χ1) is 8.60. The highest BCUT2D eigenvalue weighted by Gasteiger charge is 2.05. The third kappa shape index (κ3) is 2.41. The van der Waals surface area contributed by atoms with E-state index in [1.54, 1.807) is 18.2 Å². The van der Waals surface area contributed by atoms with Crippen LogP contribution in [0.4, 0.5) is 21.5 Å². The number of nitrogens with two attached hydrogens (primary N) is 1. The lowest BCUT2D eigenvalue weighted by Crippen LogP contribution is -1.99. The Hall–Kier alpha value is -2.54. The first kappa shape index (κ1) is 11.9. The van der Waals surface area contributed by atoms with Crippen molar-refractivity contribution in [2.75, 3.05) is 11.1 Å². The number of para-hydroxylation sites is 1. The van der Waals surface area contributed by atoms with Crippen LogP contribution < -0.4 is 11.1 Å². The van der Waals surface area contributed by atoms with Gasteiger partial charge >= 0.3 is 0 Å². The first-order valence-electron chi connectivity index (χ1n) is 5.43. The van der Waals surface area contributed by atoms with Gasteiger partial charge in [-0.05, 0) is 42.8 Å². The van der Waals surface area contributed by atoms with Gasteiger partial charge in [-0.25, -0.2) is 4.39 Å². The fourth-order valence-electron chi connectivity index (χ4n) is 1.74. The first-order valence-corrected chi connectivity index (χ1v) is 5.43. The van der Waals surface area contributed by atoms with Crippen molar-refractivity contribution < 1.29 is 4.39 Å². The van der Waals surface area contributed by atoms with Crippen molar-refractivity contribution in [3.63, 3.8) is 0 Å². The van der Waals surface area contributed by atoms with Gasteiger partial charge in [0.05, 0.1) is 16.9 Å². The summed E-state index contributed by atoms with van der Waals surface area (Å²) >= 11 is 0. The number of halogens is 1. The quantitative estimate of drug-likeness (QED) is 0.793. The summed E-state index contributed by atoms with van der Waals surface area (Å²) in [7, 11) is 0. The van der Waals surface area contributed by atoms with Crippen molar-refractivity contribution in [2.24, 2.45) is 0 Å². The van der Waals surface area contributed by atoms with Gasteiger partial charge in [0.15, 0.2) is 0 Å². The average molecular weight is 241 g/mol. The molecule has 0 saturated carbocycles. The molecule has 0 aliphatic carbocycles. The Morgan fingerprint density at radius 2 is 2.06 bits per heavy atom. The van der Waals surface area contributed by atoms with Crippen molar-refractivity contribution in [2.45, 2.75) is 6.92 Å². The molecule has 0 saturated heterocycles. The SMILES string of the molecule is Cc1cc(F)cc(Nc2cccc(C#N)c2N)c1. The Morgan fingerprint density at radius 3 is 2.72 bits per heavy atom. The molecular weight excluding hydrogens is 229 g/mol. The maximum absolute atomic E-state index is 13.3. The standard InChI is InChI=1S/C14H12FN3/c1-9-5-11(15)7-12(6-9)18-13-4-2-3-10(8-16)14(13)17/h2-7,18H,17H2,1H3. The van der Waals surface area contributed by atoms with Crippen molar-refractivity contribution >= 4 is 17.1 Å². The number of benzene rings is 2. The van der Waals surface area contributed by atoms with Gasteiger partial charge in [0.2, 0.25) is 0 Å². The predicted molar refractivity (Wildman–Crippen MR) is 70.0 cm³/mol. The molecule has 2 aromatic rings. The maximum atomic E-state index is 13.3. The number of hydrogen-bond donors (Lipinski definition) is 2. The molecule has 0 aliphatic rings. The van der Waals surface area contributed by atoms with Gasteiger partial charge in [-0.2, -0.15) is 5.26 Å². The molecule has 0 aromatic heterocycles. The second-order valence-corrected chi connectivity index (χ2v) is 4.02. The summed E-state index contributed by atoms with van der Waals surface area (Å²) < 4.78 is 13.3. The smallest absolute Gasteiger partial charge is 0.125 e. The van der Waals surface area contributed by atoms with E-state index in [0.717, 1.165) is 5.56 Å². The topological polar surface area (TPSA) is 61.8 Å². The van der Waals surface area contributed by atoms with Crippen LogP contribution in [0.2, 0.25) is 0 Å². The van der Waals surface area contributed by atoms with Crippen LogP contribution >= 0.6 is 0 Å². The fourth-order valence-corrected chi connectivity index (χ4v) is 1.74. The predicted octanol–water partition coefficient (Wildman–Crippen LogP) is 3.33. The molecule has 0 heterocycles. The molecule has 0 unspecified atom stereocenters. The molecule has 4 heteroatoms. The minimum absolute atomic E-state index is 0.312. The second kappa shape index (κ2) is 4.76. The van der Waals surface area contributed by atoms with Crippen LogP contribution in [0.1, 0.15) is 11.1 Å². The molecule has 0 radical (unpaired) electrons. The van der Waals surface area contributed by atoms with E-state index in [4.69, 9.17) is 11.0 Å². The highest BCUT2D eigenvalue weighted by Crippen LogP contribution is 2.26. The van der Waals surface area contributed by atoms with E-state index >= 15 is 0 Å². The summed E-state index contributed by atoms with van der Waals surface area (Å²) in [5, 5.41) is 11.9. The molecule has 0 atom stereocenters. The van der Waals surface area contributed by atoms with Crippen molar-refractivity contribution in [1.82, 2.24) is 0 Å². The molecule has 2 rings (SSSR count). The lowest BCUT2D eigenvalue weighted by Gasteiger charge is -2.11. The van der Waals surface area contributed by atoms with E-state index < -0.39 is 0 Å². The van der Waals surface area contributed by atoms with Crippen LogP contribution in [0.5, 0.6) is 0 Å². The van der Waals surface area contributed by atoms with Crippen LogP contribution in [0, 0.1) is 24.1 Å². The third-order valence-electron chi connectivity index (χ3n) is 2.55. The molecule has 3 nitrogen and oxygen atoms in total. The number of hydrogen-bond acceptors (Lipinski definition) is 3.